The van der Waals surface area contributed by atoms with E-state index in [9.17, 15) is 37.1 Å². The minimum absolute atomic E-state index is 0.0407. The Morgan fingerprint density at radius 2 is 1.56 bits per heavy atom. The van der Waals surface area contributed by atoms with Crippen LogP contribution in [-0.4, -0.2) is 40.1 Å². The summed E-state index contributed by atoms with van der Waals surface area (Å²) >= 11 is 8.39. The summed E-state index contributed by atoms with van der Waals surface area (Å²) in [5.74, 6) is -9.59. The molecule has 4 amide bonds. The molecule has 2 saturated heterocycles. The molecule has 4 aliphatic rings. The van der Waals surface area contributed by atoms with E-state index in [0.29, 0.717) is 16.3 Å². The van der Waals surface area contributed by atoms with Crippen LogP contribution in [0.4, 0.5) is 28.9 Å². The van der Waals surface area contributed by atoms with Gasteiger partial charge in [-0.15, -0.1) is 13.2 Å². The van der Waals surface area contributed by atoms with Crippen LogP contribution in [0.15, 0.2) is 103 Å². The number of fused-ring (bicyclic) bond motifs is 4. The smallest absolute Gasteiger partial charge is 0.508 e. The second-order valence-corrected chi connectivity index (χ2v) is 15.3. The van der Waals surface area contributed by atoms with Crippen LogP contribution in [0.25, 0.3) is 0 Å². The Morgan fingerprint density at radius 1 is 0.870 bits per heavy atom. The number of nitrogens with zero attached hydrogens (tertiary/aromatic N) is 2. The average molecular weight is 872 g/mol. The Bertz CT molecular complexity index is 2250. The number of allylic oxidation sites excluding steroid dienone is 2. The highest BCUT2D eigenvalue weighted by Gasteiger charge is 2.70. The third-order valence-corrected chi connectivity index (χ3v) is 11.9. The number of hydrazine groups is 1. The molecule has 0 bridgehead atoms. The van der Waals surface area contributed by atoms with Crippen molar-refractivity contribution in [3.63, 3.8) is 0 Å². The maximum absolute atomic E-state index is 15.2. The van der Waals surface area contributed by atoms with Gasteiger partial charge in [0.1, 0.15) is 17.3 Å². The zero-order valence-corrected chi connectivity index (χ0v) is 30.6. The quantitative estimate of drug-likeness (QED) is 0.0878. The number of alkyl halides is 3. The highest BCUT2D eigenvalue weighted by Crippen LogP contribution is 2.65. The zero-order valence-electron chi connectivity index (χ0n) is 27.7. The van der Waals surface area contributed by atoms with Gasteiger partial charge in [-0.05, 0) is 126 Å². The minimum atomic E-state index is -5.11. The van der Waals surface area contributed by atoms with Crippen LogP contribution in [0.1, 0.15) is 29.9 Å². The lowest BCUT2D eigenvalue weighted by atomic mass is 9.49. The van der Waals surface area contributed by atoms with E-state index in [1.807, 2.05) is 0 Å². The Kier molecular flexibility index (Phi) is 8.75. The molecule has 3 fully saturated rings. The summed E-state index contributed by atoms with van der Waals surface area (Å²) in [6.45, 7) is 0. The number of halogens is 6. The van der Waals surface area contributed by atoms with Crippen molar-refractivity contribution in [2.75, 3.05) is 10.3 Å². The van der Waals surface area contributed by atoms with Gasteiger partial charge in [0.05, 0.1) is 34.5 Å². The van der Waals surface area contributed by atoms with Gasteiger partial charge >= 0.3 is 6.36 Å². The Labute approximate surface area is 323 Å². The van der Waals surface area contributed by atoms with Crippen LogP contribution in [-0.2, 0) is 24.6 Å². The summed E-state index contributed by atoms with van der Waals surface area (Å²) in [6, 6.07) is 20.7. The van der Waals surface area contributed by atoms with Gasteiger partial charge in [-0.25, -0.2) is 4.39 Å². The molecular weight excluding hydrogens is 845 g/mol. The number of carbonyl (C=O) groups is 4. The Balaban J connectivity index is 1.35. The molecule has 9 nitrogen and oxygen atoms in total. The van der Waals surface area contributed by atoms with Gasteiger partial charge < -0.3 is 9.84 Å². The van der Waals surface area contributed by atoms with Crippen molar-refractivity contribution in [2.45, 2.75) is 30.5 Å². The van der Waals surface area contributed by atoms with Crippen LogP contribution < -0.4 is 15.1 Å². The summed E-state index contributed by atoms with van der Waals surface area (Å²) in [5, 5.41) is 12.6. The van der Waals surface area contributed by atoms with Crippen molar-refractivity contribution < 1.29 is 46.6 Å². The van der Waals surface area contributed by atoms with E-state index in [0.717, 1.165) is 43.8 Å². The number of amides is 4. The standard InChI is InChI=1S/C39H27ClF4IN3O6/c40-20-3-1-19(2-4-20)38-30(35(51)48(37(38)53)46-23-9-5-21(41)6-10-23)18-28-26(33(38)29-17-25(13-16-31(29)49)54-39(42,43)44)14-15-27-32(28)36(52)47(34(27)50)24-11-7-22(45)8-12-24/h1-14,16-17,27-28,30,32-33,46,49H,15,18H2/t27-,28+,30-,32-,33+,38+/m0/s1. The molecule has 0 unspecified atom stereocenters. The van der Waals surface area contributed by atoms with Crippen molar-refractivity contribution in [3.8, 4) is 11.5 Å². The number of phenolic OH excluding ortho intramolecular Hbond substituents is 1. The normalized spacial score (nSPS) is 26.3. The number of hydrogen-bond acceptors (Lipinski definition) is 7. The van der Waals surface area contributed by atoms with Gasteiger partial charge in [0.2, 0.25) is 11.8 Å². The first kappa shape index (κ1) is 36.0. The van der Waals surface area contributed by atoms with Crippen molar-refractivity contribution in [1.82, 2.24) is 5.01 Å². The molecule has 4 aromatic rings. The molecule has 2 N–H and O–H groups in total. The third-order valence-electron chi connectivity index (χ3n) is 10.9. The summed E-state index contributed by atoms with van der Waals surface area (Å²) < 4.78 is 59.7. The van der Waals surface area contributed by atoms with Crippen molar-refractivity contribution >= 4 is 69.2 Å². The Morgan fingerprint density at radius 3 is 2.22 bits per heavy atom. The fourth-order valence-electron chi connectivity index (χ4n) is 8.81. The zero-order chi connectivity index (χ0) is 38.3. The lowest BCUT2D eigenvalue weighted by Gasteiger charge is -2.50. The van der Waals surface area contributed by atoms with Gasteiger partial charge in [-0.2, -0.15) is 5.01 Å². The SMILES string of the molecule is O=C1[C@@H]2C[C@@H]3C(=CC[C@@H]4C(=O)N(c5ccc(I)cc5)C(=O)[C@@H]43)[C@H](c3cc(OC(F)(F)F)ccc3O)[C@]2(c2ccc(Cl)cc2)C(=O)N1Nc1ccc(F)cc1. The first-order valence-corrected chi connectivity index (χ1v) is 18.2. The van der Waals surface area contributed by atoms with Crippen LogP contribution in [0.2, 0.25) is 5.02 Å². The monoisotopic (exact) mass is 871 g/mol. The number of rotatable bonds is 6. The number of phenols is 1. The number of hydrogen-bond donors (Lipinski definition) is 2. The maximum atomic E-state index is 15.2. The topological polar surface area (TPSA) is 116 Å². The number of carbonyl (C=O) groups excluding carboxylic acids is 4. The molecule has 0 spiro atoms. The van der Waals surface area contributed by atoms with Gasteiger partial charge in [-0.1, -0.05) is 35.4 Å². The summed E-state index contributed by atoms with van der Waals surface area (Å²) in [7, 11) is 0. The van der Waals surface area contributed by atoms with Crippen LogP contribution in [0.3, 0.4) is 0 Å². The average Bonchev–Trinajstić information content (AvgIpc) is 3.51. The maximum Gasteiger partial charge on any atom is 0.573 e. The molecule has 4 aromatic carbocycles. The van der Waals surface area contributed by atoms with Crippen molar-refractivity contribution in [2.24, 2.45) is 23.7 Å². The van der Waals surface area contributed by atoms with E-state index in [1.165, 1.54) is 36.4 Å². The molecular formula is C39H27ClF4IN3O6. The largest absolute Gasteiger partial charge is 0.573 e. The van der Waals surface area contributed by atoms with Crippen LogP contribution >= 0.6 is 34.2 Å². The highest BCUT2D eigenvalue weighted by atomic mass is 127. The van der Waals surface area contributed by atoms with Gasteiger partial charge in [0.25, 0.3) is 11.8 Å². The number of aromatic hydroxyl groups is 1. The molecule has 0 aromatic heterocycles. The molecule has 1 saturated carbocycles. The molecule has 276 valence electrons. The molecule has 8 rings (SSSR count). The third kappa shape index (κ3) is 5.72. The number of benzene rings is 4. The number of ether oxygens (including phenoxy) is 1. The van der Waals surface area contributed by atoms with Crippen LogP contribution in [0, 0.1) is 33.1 Å². The van der Waals surface area contributed by atoms with Gasteiger partial charge in [-0.3, -0.25) is 29.5 Å². The lowest BCUT2D eigenvalue weighted by molar-refractivity contribution is -0.274. The highest BCUT2D eigenvalue weighted by molar-refractivity contribution is 14.1. The van der Waals surface area contributed by atoms with Gasteiger partial charge in [0, 0.05) is 20.1 Å². The molecule has 2 heterocycles. The Hall–Kier alpha value is -4.96. The molecule has 2 aliphatic heterocycles. The first-order chi connectivity index (χ1) is 25.7. The fourth-order valence-corrected chi connectivity index (χ4v) is 9.29. The van der Waals surface area contributed by atoms with E-state index in [1.54, 1.807) is 30.3 Å². The second kappa shape index (κ2) is 13.1. The van der Waals surface area contributed by atoms with E-state index in [-0.39, 0.29) is 29.7 Å². The molecule has 2 aliphatic carbocycles. The summed E-state index contributed by atoms with van der Waals surface area (Å²) in [6.07, 6.45) is -3.48. The fraction of sp³-hybridized carbons (Fsp3) is 0.231. The predicted octanol–water partition coefficient (Wildman–Crippen LogP) is 7.88. The molecule has 15 heteroatoms. The van der Waals surface area contributed by atoms with Crippen molar-refractivity contribution in [1.29, 1.82) is 0 Å². The lowest BCUT2D eigenvalue weighted by Crippen LogP contribution is -2.53. The summed E-state index contributed by atoms with van der Waals surface area (Å²) in [5.41, 5.74) is 1.91. The number of anilines is 2. The second-order valence-electron chi connectivity index (χ2n) is 13.6. The predicted molar refractivity (Wildman–Crippen MR) is 195 cm³/mol. The van der Waals surface area contributed by atoms with Crippen LogP contribution in [0.5, 0.6) is 11.5 Å². The van der Waals surface area contributed by atoms with E-state index < -0.39 is 82.3 Å². The number of imide groups is 2. The first-order valence-electron chi connectivity index (χ1n) is 16.8. The van der Waals surface area contributed by atoms with Gasteiger partial charge in [0.15, 0.2) is 0 Å². The van der Waals surface area contributed by atoms with Crippen molar-refractivity contribution in [3.05, 3.63) is 128 Å². The minimum Gasteiger partial charge on any atom is -0.508 e. The number of nitrogens with one attached hydrogen (secondary N) is 1. The molecule has 6 atom stereocenters. The van der Waals surface area contributed by atoms with E-state index >= 15 is 4.79 Å². The molecule has 54 heavy (non-hydrogen) atoms. The molecule has 0 radical (unpaired) electrons. The summed E-state index contributed by atoms with van der Waals surface area (Å²) in [4.78, 5) is 59.5. The van der Waals surface area contributed by atoms with E-state index in [2.05, 4.69) is 32.8 Å². The van der Waals surface area contributed by atoms with E-state index in [4.69, 9.17) is 11.6 Å².